The van der Waals surface area contributed by atoms with Crippen LogP contribution in [0.3, 0.4) is 0 Å². The van der Waals surface area contributed by atoms with Crippen LogP contribution in [0.15, 0.2) is 35.5 Å². The van der Waals surface area contributed by atoms with Gasteiger partial charge in [-0.3, -0.25) is 0 Å². The molecule has 0 spiro atoms. The Balaban J connectivity index is 2.66. The maximum absolute atomic E-state index is 11.2. The average Bonchev–Trinajstić information content (AvgIpc) is 2.28. The van der Waals surface area contributed by atoms with Crippen molar-refractivity contribution in [2.75, 3.05) is 17.7 Å². The monoisotopic (exact) mass is 240 g/mol. The van der Waals surface area contributed by atoms with E-state index in [1.807, 2.05) is 12.1 Å². The van der Waals surface area contributed by atoms with Crippen LogP contribution in [0.4, 0.5) is 11.4 Å². The maximum atomic E-state index is 11.2. The Morgan fingerprint density at radius 2 is 2.25 bits per heavy atom. The second-order valence-electron chi connectivity index (χ2n) is 2.94. The van der Waals surface area contributed by atoms with E-state index in [-0.39, 0.29) is 11.6 Å². The highest BCUT2D eigenvalue weighted by atomic mass is 35.5. The van der Waals surface area contributed by atoms with E-state index in [1.54, 1.807) is 19.1 Å². The second kappa shape index (κ2) is 6.02. The third-order valence-electron chi connectivity index (χ3n) is 1.79. The molecule has 1 aromatic carbocycles. The normalized spacial score (nSPS) is 11.0. The summed E-state index contributed by atoms with van der Waals surface area (Å²) in [6.07, 6.45) is 1.35. The van der Waals surface area contributed by atoms with Crippen LogP contribution in [0.5, 0.6) is 0 Å². The molecule has 0 aliphatic rings. The van der Waals surface area contributed by atoms with Crippen LogP contribution >= 0.6 is 11.6 Å². The number of nitrogen functional groups attached to an aromatic ring is 1. The molecule has 3 N–H and O–H groups in total. The molecular weight excluding hydrogens is 228 g/mol. The van der Waals surface area contributed by atoms with Gasteiger partial charge in [0.25, 0.3) is 0 Å². The zero-order valence-electron chi connectivity index (χ0n) is 8.87. The van der Waals surface area contributed by atoms with E-state index in [0.29, 0.717) is 11.4 Å². The van der Waals surface area contributed by atoms with Gasteiger partial charge >= 0.3 is 5.97 Å². The van der Waals surface area contributed by atoms with Crippen LogP contribution < -0.4 is 11.1 Å². The molecule has 0 saturated heterocycles. The van der Waals surface area contributed by atoms with Gasteiger partial charge in [0.1, 0.15) is 5.03 Å². The number of esters is 1. The summed E-state index contributed by atoms with van der Waals surface area (Å²) in [6, 6.07) is 7.16. The Morgan fingerprint density at radius 1 is 1.56 bits per heavy atom. The molecule has 0 aliphatic heterocycles. The van der Waals surface area contributed by atoms with Crippen molar-refractivity contribution in [1.29, 1.82) is 0 Å². The van der Waals surface area contributed by atoms with Crippen LogP contribution in [0, 0.1) is 0 Å². The number of carbonyl (C=O) groups is 1. The van der Waals surface area contributed by atoms with Gasteiger partial charge in [-0.25, -0.2) is 4.79 Å². The zero-order valence-corrected chi connectivity index (χ0v) is 9.62. The molecule has 0 aliphatic carbocycles. The van der Waals surface area contributed by atoms with Crippen molar-refractivity contribution in [2.45, 2.75) is 6.92 Å². The molecule has 0 bridgehead atoms. The molecule has 0 unspecified atom stereocenters. The molecule has 0 amide bonds. The lowest BCUT2D eigenvalue weighted by Gasteiger charge is -2.05. The Kier molecular flexibility index (Phi) is 4.66. The van der Waals surface area contributed by atoms with Gasteiger partial charge in [-0.1, -0.05) is 23.7 Å². The van der Waals surface area contributed by atoms with Crippen LogP contribution in [0.2, 0.25) is 0 Å². The first kappa shape index (κ1) is 12.4. The summed E-state index contributed by atoms with van der Waals surface area (Å²) in [7, 11) is 0. The van der Waals surface area contributed by atoms with Crippen LogP contribution in [0.25, 0.3) is 0 Å². The van der Waals surface area contributed by atoms with Crippen LogP contribution in [-0.4, -0.2) is 12.6 Å². The number of hydrogen-bond acceptors (Lipinski definition) is 4. The highest BCUT2D eigenvalue weighted by Gasteiger charge is 2.06. The van der Waals surface area contributed by atoms with Crippen molar-refractivity contribution in [3.63, 3.8) is 0 Å². The van der Waals surface area contributed by atoms with Gasteiger partial charge < -0.3 is 15.8 Å². The first-order valence-electron chi connectivity index (χ1n) is 4.79. The summed E-state index contributed by atoms with van der Waals surface area (Å²) in [6.45, 7) is 2.00. The molecule has 0 saturated carbocycles. The summed E-state index contributed by atoms with van der Waals surface area (Å²) in [5.74, 6) is -0.564. The molecule has 1 aromatic rings. The molecule has 0 atom stereocenters. The Hall–Kier alpha value is -1.68. The van der Waals surface area contributed by atoms with Crippen LogP contribution in [0.1, 0.15) is 6.92 Å². The zero-order chi connectivity index (χ0) is 12.0. The fraction of sp³-hybridized carbons (Fsp3) is 0.182. The van der Waals surface area contributed by atoms with Crippen molar-refractivity contribution >= 4 is 28.9 Å². The molecule has 86 valence electrons. The van der Waals surface area contributed by atoms with Crippen LogP contribution in [-0.2, 0) is 9.53 Å². The lowest BCUT2D eigenvalue weighted by Crippen LogP contribution is -2.05. The van der Waals surface area contributed by atoms with Gasteiger partial charge in [0.2, 0.25) is 0 Å². The standard InChI is InChI=1S/C11H13ClN2O2/c1-2-16-11(15)8(12)7-14-10-6-4-3-5-9(10)13/h3-7,14H,2,13H2,1H3/b8-7-. The summed E-state index contributed by atoms with van der Waals surface area (Å²) >= 11 is 5.70. The van der Waals surface area contributed by atoms with Gasteiger partial charge in [0, 0.05) is 6.20 Å². The maximum Gasteiger partial charge on any atom is 0.351 e. The number of ether oxygens (including phenoxy) is 1. The summed E-state index contributed by atoms with van der Waals surface area (Å²) in [4.78, 5) is 11.2. The minimum absolute atomic E-state index is 0.0231. The predicted molar refractivity (Wildman–Crippen MR) is 65.0 cm³/mol. The Morgan fingerprint density at radius 3 is 2.88 bits per heavy atom. The number of anilines is 2. The summed E-state index contributed by atoms with van der Waals surface area (Å²) in [5.41, 5.74) is 6.95. The van der Waals surface area contributed by atoms with Crippen molar-refractivity contribution in [2.24, 2.45) is 0 Å². The molecule has 4 nitrogen and oxygen atoms in total. The fourth-order valence-electron chi connectivity index (χ4n) is 1.03. The first-order chi connectivity index (χ1) is 7.65. The van der Waals surface area contributed by atoms with Gasteiger partial charge in [0.05, 0.1) is 18.0 Å². The molecule has 0 heterocycles. The third-order valence-corrected chi connectivity index (χ3v) is 2.05. The summed E-state index contributed by atoms with van der Waals surface area (Å²) in [5, 5.41) is 2.81. The van der Waals surface area contributed by atoms with E-state index in [2.05, 4.69) is 5.32 Å². The number of benzene rings is 1. The quantitative estimate of drug-likeness (QED) is 0.482. The van der Waals surface area contributed by atoms with Crippen molar-refractivity contribution in [1.82, 2.24) is 0 Å². The van der Waals surface area contributed by atoms with E-state index in [4.69, 9.17) is 22.1 Å². The van der Waals surface area contributed by atoms with Gasteiger partial charge in [-0.2, -0.15) is 0 Å². The highest BCUT2D eigenvalue weighted by molar-refractivity contribution is 6.41. The third kappa shape index (κ3) is 3.47. The number of para-hydroxylation sites is 2. The van der Waals surface area contributed by atoms with E-state index in [1.165, 1.54) is 6.20 Å². The van der Waals surface area contributed by atoms with Gasteiger partial charge in [-0.05, 0) is 19.1 Å². The minimum Gasteiger partial charge on any atom is -0.462 e. The number of rotatable bonds is 4. The van der Waals surface area contributed by atoms with E-state index in [9.17, 15) is 4.79 Å². The average molecular weight is 241 g/mol. The topological polar surface area (TPSA) is 64.3 Å². The van der Waals surface area contributed by atoms with Crippen molar-refractivity contribution < 1.29 is 9.53 Å². The van der Waals surface area contributed by atoms with E-state index in [0.717, 1.165) is 0 Å². The molecule has 16 heavy (non-hydrogen) atoms. The number of carbonyl (C=O) groups excluding carboxylic acids is 1. The smallest absolute Gasteiger partial charge is 0.351 e. The first-order valence-corrected chi connectivity index (χ1v) is 5.16. The number of hydrogen-bond donors (Lipinski definition) is 2. The Labute approximate surface area is 99.0 Å². The van der Waals surface area contributed by atoms with E-state index >= 15 is 0 Å². The van der Waals surface area contributed by atoms with Gasteiger partial charge in [-0.15, -0.1) is 0 Å². The summed E-state index contributed by atoms with van der Waals surface area (Å²) < 4.78 is 4.71. The minimum atomic E-state index is -0.564. The molecule has 1 rings (SSSR count). The Bertz CT molecular complexity index is 405. The molecule has 0 radical (unpaired) electrons. The largest absolute Gasteiger partial charge is 0.462 e. The SMILES string of the molecule is CCOC(=O)/C(Cl)=C/Nc1ccccc1N. The van der Waals surface area contributed by atoms with Crippen molar-refractivity contribution in [3.8, 4) is 0 Å². The number of nitrogens with one attached hydrogen (secondary N) is 1. The lowest BCUT2D eigenvalue weighted by molar-refractivity contribution is -0.137. The predicted octanol–water partition coefficient (Wildman–Crippen LogP) is 2.32. The number of nitrogens with two attached hydrogens (primary N) is 1. The van der Waals surface area contributed by atoms with E-state index < -0.39 is 5.97 Å². The number of halogens is 1. The van der Waals surface area contributed by atoms with Crippen molar-refractivity contribution in [3.05, 3.63) is 35.5 Å². The molecule has 0 fully saturated rings. The highest BCUT2D eigenvalue weighted by Crippen LogP contribution is 2.17. The molecule has 0 aromatic heterocycles. The molecule has 5 heteroatoms. The molecular formula is C11H13ClN2O2. The van der Waals surface area contributed by atoms with Gasteiger partial charge in [0.15, 0.2) is 0 Å². The lowest BCUT2D eigenvalue weighted by atomic mass is 10.3. The second-order valence-corrected chi connectivity index (χ2v) is 3.35. The fourth-order valence-corrected chi connectivity index (χ4v) is 1.14.